The average Bonchev–Trinajstić information content (AvgIpc) is 3.32. The standard InChI is InChI=1S/C16H22N4S/c1-2-11(1)10-20(13-5-6-13)15-14(9-17-12-3-4-12)19-7-8-21-16(19)18-15/h7-8,11-13,17H,1-6,9-10H2. The van der Waals surface area contributed by atoms with Gasteiger partial charge in [-0.1, -0.05) is 0 Å². The Kier molecular flexibility index (Phi) is 2.80. The molecular weight excluding hydrogens is 280 g/mol. The van der Waals surface area contributed by atoms with E-state index in [4.69, 9.17) is 4.98 Å². The second-order valence-corrected chi connectivity index (χ2v) is 7.79. The monoisotopic (exact) mass is 302 g/mol. The van der Waals surface area contributed by atoms with Gasteiger partial charge < -0.3 is 10.2 Å². The van der Waals surface area contributed by atoms with E-state index in [0.717, 1.165) is 29.5 Å². The summed E-state index contributed by atoms with van der Waals surface area (Å²) in [5, 5.41) is 5.83. The van der Waals surface area contributed by atoms with E-state index < -0.39 is 0 Å². The molecule has 0 amide bonds. The largest absolute Gasteiger partial charge is 0.352 e. The van der Waals surface area contributed by atoms with Gasteiger partial charge >= 0.3 is 0 Å². The van der Waals surface area contributed by atoms with Crippen molar-refractivity contribution in [2.45, 2.75) is 57.2 Å². The minimum Gasteiger partial charge on any atom is -0.352 e. The van der Waals surface area contributed by atoms with Gasteiger partial charge in [-0.2, -0.15) is 0 Å². The van der Waals surface area contributed by atoms with E-state index in [9.17, 15) is 0 Å². The number of anilines is 1. The first kappa shape index (κ1) is 12.5. The van der Waals surface area contributed by atoms with E-state index in [-0.39, 0.29) is 0 Å². The number of fused-ring (bicyclic) bond motifs is 1. The van der Waals surface area contributed by atoms with Crippen LogP contribution in [0.4, 0.5) is 5.82 Å². The van der Waals surface area contributed by atoms with Crippen LogP contribution in [0, 0.1) is 5.92 Å². The highest BCUT2D eigenvalue weighted by atomic mass is 32.1. The molecule has 0 bridgehead atoms. The molecule has 0 atom stereocenters. The Hall–Kier alpha value is -1.07. The molecule has 3 saturated carbocycles. The molecule has 3 aliphatic rings. The summed E-state index contributed by atoms with van der Waals surface area (Å²) in [5.41, 5.74) is 1.38. The van der Waals surface area contributed by atoms with Crippen molar-refractivity contribution in [2.24, 2.45) is 5.92 Å². The Morgan fingerprint density at radius 3 is 2.81 bits per heavy atom. The van der Waals surface area contributed by atoms with Crippen molar-refractivity contribution >= 4 is 22.1 Å². The molecule has 0 unspecified atom stereocenters. The zero-order valence-corrected chi connectivity index (χ0v) is 13.1. The molecular formula is C16H22N4S. The SMILES string of the molecule is c1cn2c(CNC3CC3)c(N(CC3CC3)C3CC3)nc2s1. The van der Waals surface area contributed by atoms with Crippen molar-refractivity contribution in [3.8, 4) is 0 Å². The first-order valence-electron chi connectivity index (χ1n) is 8.33. The zero-order valence-electron chi connectivity index (χ0n) is 12.3. The molecule has 3 aliphatic carbocycles. The summed E-state index contributed by atoms with van der Waals surface area (Å²) in [5.74, 6) is 2.19. The summed E-state index contributed by atoms with van der Waals surface area (Å²) in [4.78, 5) is 8.76. The third kappa shape index (κ3) is 2.46. The van der Waals surface area contributed by atoms with Crippen LogP contribution in [0.2, 0.25) is 0 Å². The number of nitrogens with zero attached hydrogens (tertiary/aromatic N) is 3. The van der Waals surface area contributed by atoms with Crippen LogP contribution < -0.4 is 10.2 Å². The van der Waals surface area contributed by atoms with E-state index in [1.165, 1.54) is 56.6 Å². The first-order valence-corrected chi connectivity index (χ1v) is 9.21. The van der Waals surface area contributed by atoms with Gasteiger partial charge in [0.15, 0.2) is 10.8 Å². The molecule has 21 heavy (non-hydrogen) atoms. The van der Waals surface area contributed by atoms with Gasteiger partial charge in [0.2, 0.25) is 0 Å². The number of aromatic nitrogens is 2. The number of hydrogen-bond acceptors (Lipinski definition) is 4. The third-order valence-corrected chi connectivity index (χ3v) is 5.64. The summed E-state index contributed by atoms with van der Waals surface area (Å²) in [7, 11) is 0. The molecule has 2 aromatic rings. The van der Waals surface area contributed by atoms with Gasteiger partial charge in [0.05, 0.1) is 5.69 Å². The molecule has 2 heterocycles. The van der Waals surface area contributed by atoms with Gasteiger partial charge in [-0.05, 0) is 44.4 Å². The Morgan fingerprint density at radius 1 is 1.24 bits per heavy atom. The minimum absolute atomic E-state index is 0.750. The Bertz CT molecular complexity index is 648. The fourth-order valence-electron chi connectivity index (χ4n) is 3.12. The van der Waals surface area contributed by atoms with E-state index in [1.807, 2.05) is 0 Å². The van der Waals surface area contributed by atoms with Crippen molar-refractivity contribution in [1.29, 1.82) is 0 Å². The summed E-state index contributed by atoms with van der Waals surface area (Å²) in [6.45, 7) is 2.19. The van der Waals surface area contributed by atoms with E-state index >= 15 is 0 Å². The fourth-order valence-corrected chi connectivity index (χ4v) is 3.85. The lowest BCUT2D eigenvalue weighted by molar-refractivity contribution is 0.657. The highest BCUT2D eigenvalue weighted by molar-refractivity contribution is 7.15. The predicted molar refractivity (Wildman–Crippen MR) is 86.0 cm³/mol. The molecule has 3 fully saturated rings. The van der Waals surface area contributed by atoms with Crippen LogP contribution in [0.15, 0.2) is 11.6 Å². The Balaban J connectivity index is 1.49. The predicted octanol–water partition coefficient (Wildman–Crippen LogP) is 3.03. The molecule has 5 heteroatoms. The molecule has 0 spiro atoms. The van der Waals surface area contributed by atoms with Gasteiger partial charge in [0.25, 0.3) is 0 Å². The molecule has 4 nitrogen and oxygen atoms in total. The lowest BCUT2D eigenvalue weighted by Gasteiger charge is -2.23. The summed E-state index contributed by atoms with van der Waals surface area (Å²) < 4.78 is 2.30. The van der Waals surface area contributed by atoms with Gasteiger partial charge in [0.1, 0.15) is 0 Å². The molecule has 0 aliphatic heterocycles. The van der Waals surface area contributed by atoms with Crippen LogP contribution in [0.1, 0.15) is 44.2 Å². The normalized spacial score (nSPS) is 22.1. The molecule has 0 radical (unpaired) electrons. The minimum atomic E-state index is 0.750. The number of rotatable bonds is 7. The maximum atomic E-state index is 4.98. The van der Waals surface area contributed by atoms with Gasteiger partial charge in [0, 0.05) is 36.8 Å². The van der Waals surface area contributed by atoms with Crippen LogP contribution in [0.25, 0.3) is 4.96 Å². The van der Waals surface area contributed by atoms with Crippen molar-refractivity contribution in [3.05, 3.63) is 17.3 Å². The maximum Gasteiger partial charge on any atom is 0.195 e. The zero-order chi connectivity index (χ0) is 13.8. The summed E-state index contributed by atoms with van der Waals surface area (Å²) in [6.07, 6.45) is 10.4. The van der Waals surface area contributed by atoms with Crippen LogP contribution >= 0.6 is 11.3 Å². The second-order valence-electron chi connectivity index (χ2n) is 6.92. The first-order chi connectivity index (χ1) is 10.4. The highest BCUT2D eigenvalue weighted by Crippen LogP contribution is 2.39. The van der Waals surface area contributed by atoms with E-state index in [1.54, 1.807) is 11.3 Å². The quantitative estimate of drug-likeness (QED) is 0.853. The van der Waals surface area contributed by atoms with E-state index in [0.29, 0.717) is 0 Å². The smallest absolute Gasteiger partial charge is 0.195 e. The summed E-state index contributed by atoms with van der Waals surface area (Å²) >= 11 is 1.75. The Morgan fingerprint density at radius 2 is 2.10 bits per heavy atom. The number of thiazole rings is 1. The number of imidazole rings is 1. The van der Waals surface area contributed by atoms with Crippen molar-refractivity contribution < 1.29 is 0 Å². The van der Waals surface area contributed by atoms with Crippen LogP contribution in [-0.4, -0.2) is 28.0 Å². The van der Waals surface area contributed by atoms with Crippen molar-refractivity contribution in [3.63, 3.8) is 0 Å². The van der Waals surface area contributed by atoms with Crippen LogP contribution in [-0.2, 0) is 6.54 Å². The summed E-state index contributed by atoms with van der Waals surface area (Å²) in [6, 6.07) is 1.51. The topological polar surface area (TPSA) is 32.6 Å². The molecule has 0 aromatic carbocycles. The fraction of sp³-hybridized carbons (Fsp3) is 0.688. The number of hydrogen-bond donors (Lipinski definition) is 1. The van der Waals surface area contributed by atoms with E-state index in [2.05, 4.69) is 26.2 Å². The van der Waals surface area contributed by atoms with Crippen LogP contribution in [0.5, 0.6) is 0 Å². The van der Waals surface area contributed by atoms with Crippen molar-refractivity contribution in [2.75, 3.05) is 11.4 Å². The average molecular weight is 302 g/mol. The van der Waals surface area contributed by atoms with Gasteiger partial charge in [-0.25, -0.2) is 4.98 Å². The lowest BCUT2D eigenvalue weighted by atomic mass is 10.3. The molecule has 1 N–H and O–H groups in total. The second kappa shape index (κ2) is 4.71. The third-order valence-electron chi connectivity index (χ3n) is 4.89. The molecule has 112 valence electrons. The van der Waals surface area contributed by atoms with Gasteiger partial charge in [-0.15, -0.1) is 11.3 Å². The molecule has 0 saturated heterocycles. The highest BCUT2D eigenvalue weighted by Gasteiger charge is 2.36. The molecule has 5 rings (SSSR count). The number of nitrogens with one attached hydrogen (secondary N) is 1. The van der Waals surface area contributed by atoms with Gasteiger partial charge in [-0.3, -0.25) is 4.40 Å². The maximum absolute atomic E-state index is 4.98. The van der Waals surface area contributed by atoms with Crippen molar-refractivity contribution in [1.82, 2.24) is 14.7 Å². The lowest BCUT2D eigenvalue weighted by Crippen LogP contribution is -2.30. The molecule has 2 aromatic heterocycles. The van der Waals surface area contributed by atoms with Crippen LogP contribution in [0.3, 0.4) is 0 Å². The Labute approximate surface area is 129 Å².